The summed E-state index contributed by atoms with van der Waals surface area (Å²) < 4.78 is 21.2. The molecule has 0 aliphatic heterocycles. The van der Waals surface area contributed by atoms with Crippen LogP contribution in [0.1, 0.15) is 45.4 Å². The van der Waals surface area contributed by atoms with E-state index >= 15 is 0 Å². The first-order valence-corrected chi connectivity index (χ1v) is 9.42. The van der Waals surface area contributed by atoms with E-state index in [1.54, 1.807) is 28.3 Å². The molecular formula is C15H30O5Si. The first-order chi connectivity index (χ1) is 10.0. The Morgan fingerprint density at radius 3 is 1.86 bits per heavy atom. The maximum atomic E-state index is 11.1. The van der Waals surface area contributed by atoms with E-state index < -0.39 is 8.80 Å². The van der Waals surface area contributed by atoms with Gasteiger partial charge in [-0.15, -0.1) is 0 Å². The van der Waals surface area contributed by atoms with E-state index in [9.17, 15) is 4.79 Å². The number of carbonyl (C=O) groups is 1. The van der Waals surface area contributed by atoms with Crippen LogP contribution in [0, 0.1) is 0 Å². The van der Waals surface area contributed by atoms with Gasteiger partial charge in [-0.25, -0.2) is 4.79 Å². The zero-order valence-corrected chi connectivity index (χ0v) is 14.9. The molecule has 21 heavy (non-hydrogen) atoms. The third kappa shape index (κ3) is 9.03. The van der Waals surface area contributed by atoms with Gasteiger partial charge >= 0.3 is 14.8 Å². The topological polar surface area (TPSA) is 54.0 Å². The lowest BCUT2D eigenvalue weighted by atomic mass is 10.1. The van der Waals surface area contributed by atoms with E-state index in [1.807, 2.05) is 0 Å². The van der Waals surface area contributed by atoms with Gasteiger partial charge in [-0.2, -0.15) is 0 Å². The molecule has 0 radical (unpaired) electrons. The smallest absolute Gasteiger partial charge is 0.462 e. The maximum Gasteiger partial charge on any atom is 0.500 e. The fraction of sp³-hybridized carbons (Fsp3) is 0.800. The fourth-order valence-corrected chi connectivity index (χ4v) is 3.79. The highest BCUT2D eigenvalue weighted by molar-refractivity contribution is 6.60. The average molecular weight is 318 g/mol. The van der Waals surface area contributed by atoms with E-state index in [1.165, 1.54) is 0 Å². The molecule has 0 saturated carbocycles. The molecule has 6 heteroatoms. The lowest BCUT2D eigenvalue weighted by molar-refractivity contribution is -0.139. The summed E-state index contributed by atoms with van der Waals surface area (Å²) in [6.07, 6.45) is 6.47. The molecule has 0 aliphatic rings. The summed E-state index contributed by atoms with van der Waals surface area (Å²) in [4.78, 5) is 11.1. The third-order valence-corrected chi connectivity index (χ3v) is 6.22. The van der Waals surface area contributed by atoms with Crippen molar-refractivity contribution in [2.24, 2.45) is 0 Å². The van der Waals surface area contributed by atoms with Gasteiger partial charge in [0.15, 0.2) is 0 Å². The second-order valence-corrected chi connectivity index (χ2v) is 8.17. The second-order valence-electron chi connectivity index (χ2n) is 5.08. The molecule has 0 aliphatic carbocycles. The molecule has 0 unspecified atom stereocenters. The van der Waals surface area contributed by atoms with Gasteiger partial charge in [0.1, 0.15) is 0 Å². The largest absolute Gasteiger partial charge is 0.500 e. The van der Waals surface area contributed by atoms with Crippen molar-refractivity contribution in [1.29, 1.82) is 0 Å². The van der Waals surface area contributed by atoms with Gasteiger partial charge in [0, 0.05) is 32.9 Å². The molecule has 124 valence electrons. The standard InChI is InChI=1S/C15H30O5Si/c1-14(2)15(16)20-12-10-8-6-7-9-11-13-21(17-3,18-4)19-5/h1,6-13H2,2-5H3. The zero-order valence-electron chi connectivity index (χ0n) is 13.9. The van der Waals surface area contributed by atoms with Gasteiger partial charge in [0.2, 0.25) is 0 Å². The van der Waals surface area contributed by atoms with Crippen molar-refractivity contribution in [3.63, 3.8) is 0 Å². The van der Waals surface area contributed by atoms with Gasteiger partial charge in [-0.05, 0) is 19.8 Å². The molecule has 0 bridgehead atoms. The Kier molecular flexibility index (Phi) is 11.5. The normalized spacial score (nSPS) is 11.4. The summed E-state index contributed by atoms with van der Waals surface area (Å²) >= 11 is 0. The molecule has 0 amide bonds. The second kappa shape index (κ2) is 11.9. The van der Waals surface area contributed by atoms with Crippen molar-refractivity contribution >= 4 is 14.8 Å². The van der Waals surface area contributed by atoms with E-state index in [2.05, 4.69) is 6.58 Å². The highest BCUT2D eigenvalue weighted by atomic mass is 28.4. The molecule has 0 aromatic carbocycles. The monoisotopic (exact) mass is 318 g/mol. The minimum Gasteiger partial charge on any atom is -0.462 e. The molecule has 0 N–H and O–H groups in total. The lowest BCUT2D eigenvalue weighted by Crippen LogP contribution is -2.42. The number of hydrogen-bond donors (Lipinski definition) is 0. The molecule has 0 saturated heterocycles. The van der Waals surface area contributed by atoms with Gasteiger partial charge in [0.25, 0.3) is 0 Å². The highest BCUT2D eigenvalue weighted by Gasteiger charge is 2.36. The van der Waals surface area contributed by atoms with Crippen LogP contribution in [-0.4, -0.2) is 42.7 Å². The molecule has 0 rings (SSSR count). The van der Waals surface area contributed by atoms with Gasteiger partial charge in [-0.3, -0.25) is 0 Å². The van der Waals surface area contributed by atoms with Crippen LogP contribution in [-0.2, 0) is 22.8 Å². The van der Waals surface area contributed by atoms with Crippen LogP contribution in [0.15, 0.2) is 12.2 Å². The number of unbranched alkanes of at least 4 members (excludes halogenated alkanes) is 5. The lowest BCUT2D eigenvalue weighted by Gasteiger charge is -2.24. The van der Waals surface area contributed by atoms with E-state index in [0.717, 1.165) is 44.6 Å². The van der Waals surface area contributed by atoms with Crippen LogP contribution < -0.4 is 0 Å². The molecule has 0 aromatic rings. The Balaban J connectivity index is 3.48. The predicted octanol–water partition coefficient (Wildman–Crippen LogP) is 3.32. The Hall–Kier alpha value is -0.693. The first-order valence-electron chi connectivity index (χ1n) is 7.49. The van der Waals surface area contributed by atoms with Gasteiger partial charge in [-0.1, -0.05) is 32.3 Å². The number of esters is 1. The van der Waals surface area contributed by atoms with Crippen molar-refractivity contribution in [1.82, 2.24) is 0 Å². The number of ether oxygens (including phenoxy) is 1. The van der Waals surface area contributed by atoms with Crippen LogP contribution in [0.3, 0.4) is 0 Å². The minimum absolute atomic E-state index is 0.296. The van der Waals surface area contributed by atoms with Crippen molar-refractivity contribution in [3.8, 4) is 0 Å². The molecule has 0 spiro atoms. The first kappa shape index (κ1) is 20.3. The van der Waals surface area contributed by atoms with Gasteiger partial charge < -0.3 is 18.0 Å². The Bertz CT molecular complexity index is 294. The molecule has 0 aromatic heterocycles. The summed E-state index contributed by atoms with van der Waals surface area (Å²) in [5.74, 6) is -0.296. The van der Waals surface area contributed by atoms with E-state index in [0.29, 0.717) is 12.2 Å². The summed E-state index contributed by atoms with van der Waals surface area (Å²) in [7, 11) is 2.55. The Labute approximate surface area is 130 Å². The van der Waals surface area contributed by atoms with Crippen LogP contribution in [0.2, 0.25) is 6.04 Å². The van der Waals surface area contributed by atoms with E-state index in [4.69, 9.17) is 18.0 Å². The van der Waals surface area contributed by atoms with Crippen molar-refractivity contribution < 1.29 is 22.8 Å². The summed E-state index contributed by atoms with van der Waals surface area (Å²) in [6, 6.07) is 0.854. The number of hydrogen-bond acceptors (Lipinski definition) is 5. The Morgan fingerprint density at radius 2 is 1.38 bits per heavy atom. The molecule has 0 fully saturated rings. The van der Waals surface area contributed by atoms with Crippen molar-refractivity contribution in [2.75, 3.05) is 27.9 Å². The molecule has 0 heterocycles. The van der Waals surface area contributed by atoms with Crippen molar-refractivity contribution in [3.05, 3.63) is 12.2 Å². The van der Waals surface area contributed by atoms with Crippen LogP contribution in [0.4, 0.5) is 0 Å². The number of carbonyl (C=O) groups excluding carboxylic acids is 1. The van der Waals surface area contributed by atoms with Crippen LogP contribution >= 0.6 is 0 Å². The molecule has 5 nitrogen and oxygen atoms in total. The Morgan fingerprint density at radius 1 is 0.905 bits per heavy atom. The molecule has 0 atom stereocenters. The highest BCUT2D eigenvalue weighted by Crippen LogP contribution is 2.18. The molecular weight excluding hydrogens is 288 g/mol. The average Bonchev–Trinajstić information content (AvgIpc) is 2.49. The number of rotatable bonds is 13. The SMILES string of the molecule is C=C(C)C(=O)OCCCCCCCC[Si](OC)(OC)OC. The minimum atomic E-state index is -2.39. The summed E-state index contributed by atoms with van der Waals surface area (Å²) in [6.45, 7) is 5.69. The quantitative estimate of drug-likeness (QED) is 0.226. The van der Waals surface area contributed by atoms with Crippen molar-refractivity contribution in [2.45, 2.75) is 51.5 Å². The van der Waals surface area contributed by atoms with Crippen LogP contribution in [0.5, 0.6) is 0 Å². The fourth-order valence-electron chi connectivity index (χ4n) is 1.99. The summed E-state index contributed by atoms with van der Waals surface area (Å²) in [5, 5.41) is 0. The zero-order chi connectivity index (χ0) is 16.1. The third-order valence-electron chi connectivity index (χ3n) is 3.39. The van der Waals surface area contributed by atoms with E-state index in [-0.39, 0.29) is 5.97 Å². The van der Waals surface area contributed by atoms with Gasteiger partial charge in [0.05, 0.1) is 6.61 Å². The maximum absolute atomic E-state index is 11.1. The predicted molar refractivity (Wildman–Crippen MR) is 85.1 cm³/mol. The summed E-state index contributed by atoms with van der Waals surface area (Å²) in [5.41, 5.74) is 0.456. The van der Waals surface area contributed by atoms with Crippen LogP contribution in [0.25, 0.3) is 0 Å².